The summed E-state index contributed by atoms with van der Waals surface area (Å²) in [6.45, 7) is 2.78. The summed E-state index contributed by atoms with van der Waals surface area (Å²) in [5.74, 6) is 5.68. The number of hydrogen-bond acceptors (Lipinski definition) is 0. The lowest BCUT2D eigenvalue weighted by molar-refractivity contribution is -0.0966. The van der Waals surface area contributed by atoms with E-state index < -0.39 is 0 Å². The first kappa shape index (κ1) is 15.3. The van der Waals surface area contributed by atoms with Crippen molar-refractivity contribution in [1.82, 2.24) is 0 Å². The normalized spacial score (nSPS) is 51.8. The number of hydrogen-bond donors (Lipinski definition) is 0. The Morgan fingerprint density at radius 1 is 0.565 bits per heavy atom. The highest BCUT2D eigenvalue weighted by Gasteiger charge is 2.62. The maximum Gasteiger partial charge on any atom is -0.0238 e. The third-order valence-electron chi connectivity index (χ3n) is 10.2. The van der Waals surface area contributed by atoms with Crippen molar-refractivity contribution >= 4 is 0 Å². The molecule has 1 unspecified atom stereocenters. The van der Waals surface area contributed by atoms with Gasteiger partial charge in [-0.1, -0.05) is 45.4 Å². The molecule has 0 heterocycles. The molecule has 6 atom stereocenters. The Hall–Kier alpha value is 0. The SMILES string of the molecule is C[C@@]12CC[C@H]3[C@@H](CCC4CCCC[C@@H]43)[C@@H]1CCC21CCCCC1. The molecule has 5 fully saturated rings. The Balaban J connectivity index is 1.42. The van der Waals surface area contributed by atoms with Gasteiger partial charge in [0.2, 0.25) is 0 Å². The molecule has 0 aromatic rings. The molecule has 0 saturated heterocycles. The van der Waals surface area contributed by atoms with Gasteiger partial charge in [-0.3, -0.25) is 0 Å². The van der Waals surface area contributed by atoms with E-state index in [1.165, 1.54) is 6.42 Å². The van der Waals surface area contributed by atoms with E-state index in [0.29, 0.717) is 0 Å². The first-order valence-corrected chi connectivity index (χ1v) is 11.2. The lowest BCUT2D eigenvalue weighted by Gasteiger charge is -2.59. The van der Waals surface area contributed by atoms with Crippen LogP contribution in [-0.2, 0) is 0 Å². The molecule has 0 radical (unpaired) electrons. The molecule has 0 aromatic carbocycles. The molecule has 130 valence electrons. The van der Waals surface area contributed by atoms with E-state index in [-0.39, 0.29) is 0 Å². The first-order valence-electron chi connectivity index (χ1n) is 11.2. The molecule has 0 aromatic heterocycles. The molecule has 0 amide bonds. The van der Waals surface area contributed by atoms with Crippen LogP contribution >= 0.6 is 0 Å². The summed E-state index contributed by atoms with van der Waals surface area (Å²) in [6.07, 6.45) is 23.7. The van der Waals surface area contributed by atoms with E-state index in [9.17, 15) is 0 Å². The topological polar surface area (TPSA) is 0 Å². The van der Waals surface area contributed by atoms with E-state index in [1.807, 2.05) is 0 Å². The Morgan fingerprint density at radius 2 is 1.39 bits per heavy atom. The molecule has 0 aliphatic heterocycles. The van der Waals surface area contributed by atoms with Crippen LogP contribution in [0.1, 0.15) is 103 Å². The van der Waals surface area contributed by atoms with Crippen molar-refractivity contribution in [3.8, 4) is 0 Å². The fraction of sp³-hybridized carbons (Fsp3) is 1.00. The van der Waals surface area contributed by atoms with Crippen molar-refractivity contribution < 1.29 is 0 Å². The lowest BCUT2D eigenvalue weighted by Crippen LogP contribution is -2.51. The summed E-state index contributed by atoms with van der Waals surface area (Å²) < 4.78 is 0. The molecule has 0 N–H and O–H groups in total. The molecular weight excluding hydrogens is 276 g/mol. The van der Waals surface area contributed by atoms with Crippen LogP contribution in [0.4, 0.5) is 0 Å². The van der Waals surface area contributed by atoms with E-state index in [0.717, 1.165) is 40.4 Å². The Morgan fingerprint density at radius 3 is 2.26 bits per heavy atom. The third-order valence-corrected chi connectivity index (χ3v) is 10.2. The molecular formula is C23H38. The Bertz CT molecular complexity index is 445. The zero-order valence-electron chi connectivity index (χ0n) is 15.5. The van der Waals surface area contributed by atoms with Crippen LogP contribution < -0.4 is 0 Å². The van der Waals surface area contributed by atoms with E-state index in [4.69, 9.17) is 0 Å². The summed E-state index contributed by atoms with van der Waals surface area (Å²) in [5, 5.41) is 0. The molecule has 0 bridgehead atoms. The lowest BCUT2D eigenvalue weighted by atomic mass is 9.46. The van der Waals surface area contributed by atoms with Crippen molar-refractivity contribution in [2.45, 2.75) is 103 Å². The van der Waals surface area contributed by atoms with E-state index in [2.05, 4.69) is 6.92 Å². The molecule has 1 spiro atoms. The van der Waals surface area contributed by atoms with Gasteiger partial charge in [-0.2, -0.15) is 0 Å². The van der Waals surface area contributed by atoms with Crippen molar-refractivity contribution in [2.75, 3.05) is 0 Å². The van der Waals surface area contributed by atoms with Crippen LogP contribution in [0.5, 0.6) is 0 Å². The second kappa shape index (κ2) is 5.50. The maximum atomic E-state index is 2.78. The fourth-order valence-electron chi connectivity index (χ4n) is 9.11. The van der Waals surface area contributed by atoms with Crippen molar-refractivity contribution in [3.63, 3.8) is 0 Å². The summed E-state index contributed by atoms with van der Waals surface area (Å²) >= 11 is 0. The van der Waals surface area contributed by atoms with Crippen LogP contribution in [-0.4, -0.2) is 0 Å². The zero-order chi connectivity index (χ0) is 15.5. The van der Waals surface area contributed by atoms with Gasteiger partial charge in [-0.05, 0) is 98.2 Å². The Labute approximate surface area is 144 Å². The summed E-state index contributed by atoms with van der Waals surface area (Å²) in [4.78, 5) is 0. The minimum Gasteiger partial charge on any atom is -0.0588 e. The highest BCUT2D eigenvalue weighted by molar-refractivity contribution is 5.11. The number of rotatable bonds is 0. The van der Waals surface area contributed by atoms with Gasteiger partial charge in [0.05, 0.1) is 0 Å². The van der Waals surface area contributed by atoms with Crippen molar-refractivity contribution in [3.05, 3.63) is 0 Å². The quantitative estimate of drug-likeness (QED) is 0.452. The molecule has 5 aliphatic rings. The second-order valence-electron chi connectivity index (χ2n) is 10.6. The van der Waals surface area contributed by atoms with Gasteiger partial charge in [0.25, 0.3) is 0 Å². The van der Waals surface area contributed by atoms with Gasteiger partial charge in [-0.25, -0.2) is 0 Å². The predicted molar refractivity (Wildman–Crippen MR) is 97.2 cm³/mol. The smallest absolute Gasteiger partial charge is 0.0238 e. The zero-order valence-corrected chi connectivity index (χ0v) is 15.5. The highest BCUT2D eigenvalue weighted by atomic mass is 14.7. The average Bonchev–Trinajstić information content (AvgIpc) is 2.88. The molecule has 5 saturated carbocycles. The van der Waals surface area contributed by atoms with Gasteiger partial charge in [0.15, 0.2) is 0 Å². The maximum absolute atomic E-state index is 2.78. The van der Waals surface area contributed by atoms with Crippen LogP contribution in [0.25, 0.3) is 0 Å². The highest BCUT2D eigenvalue weighted by Crippen LogP contribution is 2.71. The summed E-state index contributed by atoms with van der Waals surface area (Å²) in [7, 11) is 0. The van der Waals surface area contributed by atoms with Gasteiger partial charge in [0, 0.05) is 0 Å². The molecule has 0 heteroatoms. The molecule has 5 aliphatic carbocycles. The van der Waals surface area contributed by atoms with Crippen LogP contribution in [0, 0.1) is 40.4 Å². The van der Waals surface area contributed by atoms with Gasteiger partial charge >= 0.3 is 0 Å². The molecule has 0 nitrogen and oxygen atoms in total. The minimum absolute atomic E-state index is 0.732. The molecule has 5 rings (SSSR count). The Kier molecular flexibility index (Phi) is 3.65. The predicted octanol–water partition coefficient (Wildman–Crippen LogP) is 6.98. The number of fused-ring (bicyclic) bond motifs is 6. The summed E-state index contributed by atoms with van der Waals surface area (Å²) in [5.41, 5.74) is 1.51. The summed E-state index contributed by atoms with van der Waals surface area (Å²) in [6, 6.07) is 0. The van der Waals surface area contributed by atoms with E-state index >= 15 is 0 Å². The third kappa shape index (κ3) is 2.08. The van der Waals surface area contributed by atoms with E-state index in [1.54, 1.807) is 89.9 Å². The largest absolute Gasteiger partial charge is 0.0588 e. The second-order valence-corrected chi connectivity index (χ2v) is 10.6. The van der Waals surface area contributed by atoms with Gasteiger partial charge < -0.3 is 0 Å². The van der Waals surface area contributed by atoms with Crippen LogP contribution in [0.3, 0.4) is 0 Å². The average molecular weight is 315 g/mol. The van der Waals surface area contributed by atoms with Gasteiger partial charge in [0.1, 0.15) is 0 Å². The fourth-order valence-corrected chi connectivity index (χ4v) is 9.11. The van der Waals surface area contributed by atoms with Gasteiger partial charge in [-0.15, -0.1) is 0 Å². The van der Waals surface area contributed by atoms with Crippen LogP contribution in [0.2, 0.25) is 0 Å². The van der Waals surface area contributed by atoms with Crippen LogP contribution in [0.15, 0.2) is 0 Å². The minimum atomic E-state index is 0.732. The van der Waals surface area contributed by atoms with Crippen molar-refractivity contribution in [2.24, 2.45) is 40.4 Å². The monoisotopic (exact) mass is 314 g/mol. The van der Waals surface area contributed by atoms with Crippen molar-refractivity contribution in [1.29, 1.82) is 0 Å². The molecule has 23 heavy (non-hydrogen) atoms. The standard InChI is InChI=1S/C23H38/c1-22-15-11-19-18-8-4-3-7-17(18)9-10-20(19)21(22)12-16-23(22)13-5-2-6-14-23/h17-21H,2-16H2,1H3/t17?,18-,19+,20+,21-,22+/m0/s1. The first-order chi connectivity index (χ1) is 11.2.